The number of rotatable bonds is 9. The van der Waals surface area contributed by atoms with Gasteiger partial charge in [-0.1, -0.05) is 5.16 Å². The third-order valence-corrected chi connectivity index (χ3v) is 3.78. The zero-order valence-electron chi connectivity index (χ0n) is 14.2. The fourth-order valence-corrected chi connectivity index (χ4v) is 2.51. The van der Waals surface area contributed by atoms with Crippen LogP contribution in [0.3, 0.4) is 0 Å². The van der Waals surface area contributed by atoms with Gasteiger partial charge in [-0.05, 0) is 30.3 Å². The van der Waals surface area contributed by atoms with E-state index in [1.54, 1.807) is 31.3 Å². The van der Waals surface area contributed by atoms with Crippen LogP contribution in [0.25, 0.3) is 10.9 Å². The van der Waals surface area contributed by atoms with Gasteiger partial charge in [0.2, 0.25) is 0 Å². The summed E-state index contributed by atoms with van der Waals surface area (Å²) in [5.41, 5.74) is 2.06. The highest BCUT2D eigenvalue weighted by Crippen LogP contribution is 2.29. The van der Waals surface area contributed by atoms with Gasteiger partial charge in [0.05, 0.1) is 29.1 Å². The third-order valence-electron chi connectivity index (χ3n) is 3.78. The van der Waals surface area contributed by atoms with Crippen molar-refractivity contribution >= 4 is 22.3 Å². The van der Waals surface area contributed by atoms with Crippen LogP contribution in [0.4, 0.5) is 11.4 Å². The molecule has 2 aromatic heterocycles. The molecule has 0 amide bonds. The molecule has 1 aromatic carbocycles. The van der Waals surface area contributed by atoms with E-state index in [0.717, 1.165) is 18.8 Å². The molecule has 2 heterocycles. The number of nitrogens with one attached hydrogen (secondary N) is 1. The first-order chi connectivity index (χ1) is 12.7. The van der Waals surface area contributed by atoms with Crippen LogP contribution >= 0.6 is 0 Å². The number of aromatic nitrogens is 3. The number of nitrogens with two attached hydrogens (primary N) is 1. The molecule has 3 N–H and O–H groups in total. The van der Waals surface area contributed by atoms with Crippen LogP contribution in [-0.4, -0.2) is 46.5 Å². The molecule has 0 saturated carbocycles. The van der Waals surface area contributed by atoms with E-state index in [4.69, 9.17) is 4.74 Å². The highest BCUT2D eigenvalue weighted by Gasteiger charge is 2.14. The van der Waals surface area contributed by atoms with E-state index in [2.05, 4.69) is 30.6 Å². The first kappa shape index (κ1) is 17.5. The van der Waals surface area contributed by atoms with Gasteiger partial charge in [0.1, 0.15) is 24.4 Å². The number of non-ortho nitro benzene ring substituents is 1. The van der Waals surface area contributed by atoms with Crippen LogP contribution in [0.5, 0.6) is 5.88 Å². The fourth-order valence-electron chi connectivity index (χ4n) is 2.51. The molecule has 0 bridgehead atoms. The van der Waals surface area contributed by atoms with Crippen LogP contribution in [0.15, 0.2) is 35.1 Å². The molecule has 136 valence electrons. The van der Waals surface area contributed by atoms with Crippen molar-refractivity contribution in [3.05, 3.63) is 46.3 Å². The Kier molecular flexibility index (Phi) is 5.54. The summed E-state index contributed by atoms with van der Waals surface area (Å²) in [6.45, 7) is 4.52. The minimum Gasteiger partial charge on any atom is -0.468 e. The molecule has 10 nitrogen and oxygen atoms in total. The SMILES string of the molecule is Cc1nonc1OCC[NH2+]CCNc1ccc([N+](=O)[O-])c2cccnc12. The Hall–Kier alpha value is -3.27. The van der Waals surface area contributed by atoms with Gasteiger partial charge < -0.3 is 15.4 Å². The molecule has 0 unspecified atom stereocenters. The second-order valence-electron chi connectivity index (χ2n) is 5.58. The maximum atomic E-state index is 11.1. The summed E-state index contributed by atoms with van der Waals surface area (Å²) in [7, 11) is 0. The molecule has 0 spiro atoms. The normalized spacial score (nSPS) is 10.8. The molecular formula is C16H19N6O4+. The van der Waals surface area contributed by atoms with Crippen molar-refractivity contribution in [1.82, 2.24) is 15.3 Å². The number of nitro benzene ring substituents is 1. The number of pyridine rings is 1. The van der Waals surface area contributed by atoms with Gasteiger partial charge in [0.15, 0.2) is 0 Å². The number of anilines is 1. The first-order valence-corrected chi connectivity index (χ1v) is 8.16. The molecule has 10 heteroatoms. The Morgan fingerprint density at radius 2 is 2.19 bits per heavy atom. The lowest BCUT2D eigenvalue weighted by atomic mass is 10.1. The van der Waals surface area contributed by atoms with Crippen LogP contribution in [0.2, 0.25) is 0 Å². The lowest BCUT2D eigenvalue weighted by molar-refractivity contribution is -0.652. The molecule has 0 saturated heterocycles. The van der Waals surface area contributed by atoms with Crippen LogP contribution < -0.4 is 15.4 Å². The number of hydrogen-bond donors (Lipinski definition) is 2. The average Bonchev–Trinajstić information content (AvgIpc) is 3.05. The standard InChI is InChI=1S/C16H18N6O4/c1-11-16(21-26-20-11)25-10-9-17-7-8-18-13-4-5-14(22(23)24)12-3-2-6-19-15(12)13/h2-6,17-18H,7-10H2,1H3/p+1. The number of nitro groups is 1. The Labute approximate surface area is 148 Å². The summed E-state index contributed by atoms with van der Waals surface area (Å²) in [6, 6.07) is 6.59. The zero-order chi connectivity index (χ0) is 18.4. The molecule has 3 rings (SSSR count). The third kappa shape index (κ3) is 4.03. The van der Waals surface area contributed by atoms with Gasteiger partial charge in [-0.25, -0.2) is 4.63 Å². The van der Waals surface area contributed by atoms with Gasteiger partial charge >= 0.3 is 0 Å². The lowest BCUT2D eigenvalue weighted by Crippen LogP contribution is -2.86. The van der Waals surface area contributed by atoms with E-state index in [0.29, 0.717) is 35.6 Å². The highest BCUT2D eigenvalue weighted by molar-refractivity contribution is 5.96. The minimum atomic E-state index is -0.395. The Bertz CT molecular complexity index is 897. The van der Waals surface area contributed by atoms with Crippen molar-refractivity contribution in [3.8, 4) is 5.88 Å². The lowest BCUT2D eigenvalue weighted by Gasteiger charge is -2.09. The Morgan fingerprint density at radius 3 is 2.96 bits per heavy atom. The number of ether oxygens (including phenoxy) is 1. The number of hydrogen-bond acceptors (Lipinski definition) is 8. The van der Waals surface area contributed by atoms with E-state index >= 15 is 0 Å². The maximum Gasteiger partial charge on any atom is 0.278 e. The summed E-state index contributed by atoms with van der Waals surface area (Å²) in [5, 5.41) is 24.3. The second-order valence-corrected chi connectivity index (χ2v) is 5.58. The van der Waals surface area contributed by atoms with E-state index in [1.807, 2.05) is 0 Å². The molecule has 0 radical (unpaired) electrons. The van der Waals surface area contributed by atoms with Crippen molar-refractivity contribution in [3.63, 3.8) is 0 Å². The number of aryl methyl sites for hydroxylation is 1. The zero-order valence-corrected chi connectivity index (χ0v) is 14.2. The predicted octanol–water partition coefficient (Wildman–Crippen LogP) is 0.889. The van der Waals surface area contributed by atoms with Gasteiger partial charge in [0.25, 0.3) is 11.6 Å². The first-order valence-electron chi connectivity index (χ1n) is 8.16. The summed E-state index contributed by atoms with van der Waals surface area (Å²) < 4.78 is 10.00. The quantitative estimate of drug-likeness (QED) is 0.327. The van der Waals surface area contributed by atoms with Gasteiger partial charge in [-0.2, -0.15) is 0 Å². The van der Waals surface area contributed by atoms with Crippen molar-refractivity contribution in [2.75, 3.05) is 31.6 Å². The predicted molar refractivity (Wildman–Crippen MR) is 93.1 cm³/mol. The van der Waals surface area contributed by atoms with E-state index < -0.39 is 4.92 Å². The van der Waals surface area contributed by atoms with Gasteiger partial charge in [-0.3, -0.25) is 15.1 Å². The molecule has 0 aliphatic heterocycles. The fraction of sp³-hybridized carbons (Fsp3) is 0.312. The number of quaternary nitrogens is 1. The maximum absolute atomic E-state index is 11.1. The van der Waals surface area contributed by atoms with Gasteiger partial charge in [-0.15, -0.1) is 0 Å². The van der Waals surface area contributed by atoms with Crippen molar-refractivity contribution in [2.45, 2.75) is 6.92 Å². The molecule has 0 aliphatic carbocycles. The van der Waals surface area contributed by atoms with Crippen molar-refractivity contribution in [1.29, 1.82) is 0 Å². The number of fused-ring (bicyclic) bond motifs is 1. The van der Waals surface area contributed by atoms with E-state index in [9.17, 15) is 10.1 Å². The van der Waals surface area contributed by atoms with Crippen LogP contribution in [0.1, 0.15) is 5.69 Å². The average molecular weight is 359 g/mol. The summed E-state index contributed by atoms with van der Waals surface area (Å²) in [4.78, 5) is 15.0. The van der Waals surface area contributed by atoms with Gasteiger partial charge in [0, 0.05) is 12.3 Å². The van der Waals surface area contributed by atoms with E-state index in [-0.39, 0.29) is 5.69 Å². The van der Waals surface area contributed by atoms with Crippen molar-refractivity contribution < 1.29 is 19.6 Å². The summed E-state index contributed by atoms with van der Waals surface area (Å²) in [6.07, 6.45) is 1.63. The topological polar surface area (TPSA) is 133 Å². The Balaban J connectivity index is 1.47. The number of nitrogens with zero attached hydrogens (tertiary/aromatic N) is 4. The smallest absolute Gasteiger partial charge is 0.278 e. The molecule has 3 aromatic rings. The number of benzene rings is 1. The molecule has 0 atom stereocenters. The largest absolute Gasteiger partial charge is 0.468 e. The summed E-state index contributed by atoms with van der Waals surface area (Å²) >= 11 is 0. The molecule has 0 fully saturated rings. The molecular weight excluding hydrogens is 340 g/mol. The second kappa shape index (κ2) is 8.21. The highest BCUT2D eigenvalue weighted by atomic mass is 16.6. The molecule has 26 heavy (non-hydrogen) atoms. The molecule has 0 aliphatic rings. The Morgan fingerprint density at radius 1 is 1.31 bits per heavy atom. The minimum absolute atomic E-state index is 0.0556. The summed E-state index contributed by atoms with van der Waals surface area (Å²) in [5.74, 6) is 0.417. The monoisotopic (exact) mass is 359 g/mol. The van der Waals surface area contributed by atoms with Crippen LogP contribution in [0, 0.1) is 17.0 Å². The van der Waals surface area contributed by atoms with E-state index in [1.165, 1.54) is 6.07 Å². The van der Waals surface area contributed by atoms with Crippen LogP contribution in [-0.2, 0) is 0 Å². The van der Waals surface area contributed by atoms with Crippen molar-refractivity contribution in [2.24, 2.45) is 0 Å².